The van der Waals surface area contributed by atoms with Gasteiger partial charge in [0.15, 0.2) is 0 Å². The third-order valence-corrected chi connectivity index (χ3v) is 6.29. The molecular weight excluding hydrogens is 342 g/mol. The van der Waals surface area contributed by atoms with Crippen LogP contribution in [0.2, 0.25) is 0 Å². The number of hydrogen-bond donors (Lipinski definition) is 5. The Morgan fingerprint density at radius 1 is 1.08 bits per heavy atom. The highest BCUT2D eigenvalue weighted by Crippen LogP contribution is 2.48. The van der Waals surface area contributed by atoms with E-state index in [-0.39, 0.29) is 18.4 Å². The maximum absolute atomic E-state index is 11.3. The molecule has 5 N–H and O–H groups in total. The van der Waals surface area contributed by atoms with E-state index in [0.29, 0.717) is 19.3 Å². The molecule has 0 spiro atoms. The minimum atomic E-state index is -2.07. The number of aliphatic hydroxyl groups is 4. The Hall–Kier alpha value is -0.320. The lowest BCUT2D eigenvalue weighted by Crippen LogP contribution is -2.78. The third-order valence-electron chi connectivity index (χ3n) is 6.29. The normalized spacial score (nSPS) is 54.5. The third kappa shape index (κ3) is 2.91. The van der Waals surface area contributed by atoms with E-state index in [1.165, 1.54) is 0 Å². The minimum Gasteiger partial charge on any atom is -0.391 e. The van der Waals surface area contributed by atoms with Gasteiger partial charge in [-0.05, 0) is 26.8 Å². The zero-order chi connectivity index (χ0) is 19.3. The number of aliphatic hydroxyl groups excluding tert-OH is 2. The molecule has 0 aromatic carbocycles. The molecule has 3 rings (SSSR count). The average Bonchev–Trinajstić information content (AvgIpc) is 2.56. The summed E-state index contributed by atoms with van der Waals surface area (Å²) in [6, 6.07) is -0.552. The maximum Gasteiger partial charge on any atom is 0.248 e. The summed E-state index contributed by atoms with van der Waals surface area (Å²) in [4.78, 5) is 0. The van der Waals surface area contributed by atoms with E-state index in [1.807, 2.05) is 20.8 Å². The van der Waals surface area contributed by atoms with E-state index in [4.69, 9.17) is 14.2 Å². The maximum atomic E-state index is 11.3. The molecule has 152 valence electrons. The molecule has 3 fully saturated rings. The van der Waals surface area contributed by atoms with Crippen LogP contribution in [0.1, 0.15) is 46.5 Å². The van der Waals surface area contributed by atoms with Gasteiger partial charge in [0.05, 0.1) is 24.4 Å². The number of nitrogens with one attached hydrogen (secondary N) is 1. The molecule has 8 nitrogen and oxygen atoms in total. The van der Waals surface area contributed by atoms with Gasteiger partial charge < -0.3 is 40.0 Å². The van der Waals surface area contributed by atoms with Crippen molar-refractivity contribution in [2.24, 2.45) is 5.92 Å². The number of fused-ring (bicyclic) bond motifs is 2. The molecular formula is C18H33NO7. The van der Waals surface area contributed by atoms with Crippen molar-refractivity contribution < 1.29 is 34.6 Å². The first-order valence-electron chi connectivity index (χ1n) is 9.69. The van der Waals surface area contributed by atoms with Crippen molar-refractivity contribution in [3.8, 4) is 0 Å². The minimum absolute atomic E-state index is 0.210. The summed E-state index contributed by atoms with van der Waals surface area (Å²) in [6.07, 6.45) is -3.22. The summed E-state index contributed by atoms with van der Waals surface area (Å²) in [5.74, 6) is -2.45. The predicted molar refractivity (Wildman–Crippen MR) is 92.1 cm³/mol. The second kappa shape index (κ2) is 7.25. The van der Waals surface area contributed by atoms with Gasteiger partial charge in [-0.2, -0.15) is 0 Å². The molecule has 0 radical (unpaired) electrons. The molecule has 26 heavy (non-hydrogen) atoms. The van der Waals surface area contributed by atoms with Gasteiger partial charge in [0.25, 0.3) is 0 Å². The van der Waals surface area contributed by atoms with E-state index in [9.17, 15) is 20.4 Å². The zero-order valence-electron chi connectivity index (χ0n) is 16.0. The van der Waals surface area contributed by atoms with E-state index in [0.717, 1.165) is 0 Å². The summed E-state index contributed by atoms with van der Waals surface area (Å²) in [5.41, 5.74) is -1.54. The van der Waals surface area contributed by atoms with Gasteiger partial charge in [0.2, 0.25) is 12.1 Å². The predicted octanol–water partition coefficient (Wildman–Crippen LogP) is -0.525. The van der Waals surface area contributed by atoms with Crippen LogP contribution < -0.4 is 5.32 Å². The van der Waals surface area contributed by atoms with Gasteiger partial charge in [-0.3, -0.25) is 0 Å². The summed E-state index contributed by atoms with van der Waals surface area (Å²) in [6.45, 7) is 5.62. The fourth-order valence-corrected chi connectivity index (χ4v) is 4.95. The van der Waals surface area contributed by atoms with E-state index in [2.05, 4.69) is 5.32 Å². The van der Waals surface area contributed by atoms with Gasteiger partial charge in [0.1, 0.15) is 17.8 Å². The van der Waals surface area contributed by atoms with E-state index >= 15 is 0 Å². The van der Waals surface area contributed by atoms with Crippen molar-refractivity contribution in [3.05, 3.63) is 0 Å². The lowest BCUT2D eigenvalue weighted by molar-refractivity contribution is -0.484. The number of hydrogen-bond acceptors (Lipinski definition) is 8. The van der Waals surface area contributed by atoms with Crippen molar-refractivity contribution in [2.75, 3.05) is 7.05 Å². The zero-order valence-corrected chi connectivity index (χ0v) is 16.0. The molecule has 0 bridgehead atoms. The number of likely N-dealkylation sites (N-methyl/N-ethyl adjacent to an activating group) is 1. The van der Waals surface area contributed by atoms with E-state index < -0.39 is 48.1 Å². The van der Waals surface area contributed by atoms with Gasteiger partial charge in [0, 0.05) is 12.3 Å². The van der Waals surface area contributed by atoms with Gasteiger partial charge in [-0.1, -0.05) is 20.3 Å². The highest BCUT2D eigenvalue weighted by atomic mass is 16.8. The molecule has 0 aromatic rings. The van der Waals surface area contributed by atoms with Crippen molar-refractivity contribution in [1.29, 1.82) is 0 Å². The van der Waals surface area contributed by atoms with Crippen LogP contribution in [-0.2, 0) is 14.2 Å². The molecule has 0 aromatic heterocycles. The Balaban J connectivity index is 1.96. The van der Waals surface area contributed by atoms with Crippen LogP contribution in [0.5, 0.6) is 0 Å². The van der Waals surface area contributed by atoms with Crippen molar-refractivity contribution in [1.82, 2.24) is 5.32 Å². The SMILES string of the molecule is CCC[C@]1(O)C[C@@H](C)O[C@H]2O[C@@H]3[C@@H](O)[C@H](CC)[C@H](O)[C@H](NC)[C@H]3O[C@]21O. The average molecular weight is 375 g/mol. The molecule has 1 aliphatic carbocycles. The largest absolute Gasteiger partial charge is 0.391 e. The van der Waals surface area contributed by atoms with Gasteiger partial charge in [-0.15, -0.1) is 0 Å². The fourth-order valence-electron chi connectivity index (χ4n) is 4.95. The first-order chi connectivity index (χ1) is 12.2. The van der Waals surface area contributed by atoms with Crippen LogP contribution in [0.25, 0.3) is 0 Å². The quantitative estimate of drug-likeness (QED) is 0.445. The Labute approximate surface area is 154 Å². The Morgan fingerprint density at radius 2 is 1.77 bits per heavy atom. The molecule has 3 aliphatic rings. The highest BCUT2D eigenvalue weighted by Gasteiger charge is 2.68. The van der Waals surface area contributed by atoms with Crippen molar-refractivity contribution >= 4 is 0 Å². The lowest BCUT2D eigenvalue weighted by atomic mass is 9.73. The topological polar surface area (TPSA) is 121 Å². The van der Waals surface area contributed by atoms with Gasteiger partial charge >= 0.3 is 0 Å². The van der Waals surface area contributed by atoms with Crippen molar-refractivity contribution in [3.63, 3.8) is 0 Å². The van der Waals surface area contributed by atoms with Crippen LogP contribution in [0.15, 0.2) is 0 Å². The molecule has 0 unspecified atom stereocenters. The molecule has 2 aliphatic heterocycles. The molecule has 0 amide bonds. The van der Waals surface area contributed by atoms with Crippen molar-refractivity contribution in [2.45, 2.75) is 101 Å². The van der Waals surface area contributed by atoms with E-state index in [1.54, 1.807) is 7.05 Å². The number of rotatable bonds is 4. The first kappa shape index (κ1) is 20.4. The molecule has 2 heterocycles. The van der Waals surface area contributed by atoms with Crippen LogP contribution in [0.3, 0.4) is 0 Å². The lowest BCUT2D eigenvalue weighted by Gasteiger charge is -2.60. The molecule has 8 heteroatoms. The Morgan fingerprint density at radius 3 is 2.35 bits per heavy atom. The Kier molecular flexibility index (Phi) is 5.70. The smallest absolute Gasteiger partial charge is 0.248 e. The molecule has 10 atom stereocenters. The summed E-state index contributed by atoms with van der Waals surface area (Å²) >= 11 is 0. The van der Waals surface area contributed by atoms with Crippen LogP contribution in [-0.4, -0.2) is 81.7 Å². The highest BCUT2D eigenvalue weighted by molar-refractivity contribution is 5.10. The second-order valence-corrected chi connectivity index (χ2v) is 8.01. The molecule has 1 saturated carbocycles. The summed E-state index contributed by atoms with van der Waals surface area (Å²) in [7, 11) is 1.69. The first-order valence-corrected chi connectivity index (χ1v) is 9.69. The fraction of sp³-hybridized carbons (Fsp3) is 1.00. The van der Waals surface area contributed by atoms with Crippen LogP contribution >= 0.6 is 0 Å². The molecule has 2 saturated heterocycles. The second-order valence-electron chi connectivity index (χ2n) is 8.01. The van der Waals surface area contributed by atoms with Crippen LogP contribution in [0, 0.1) is 5.92 Å². The van der Waals surface area contributed by atoms with Crippen LogP contribution in [0.4, 0.5) is 0 Å². The monoisotopic (exact) mass is 375 g/mol. The standard InChI is InChI=1S/C18H33NO7/c1-5-7-17(22)8-9(3)24-16-18(17,23)26-14-11(19-4)12(20)10(6-2)13(21)15(14)25-16/h9-16,19-23H,5-8H2,1-4H3/t9-,10-,11+,12+,13+,14-,15-,16+,17+,18-/m1/s1. The number of ether oxygens (including phenoxy) is 3. The summed E-state index contributed by atoms with van der Waals surface area (Å²) in [5, 5.41) is 46.9. The Bertz CT molecular complexity index is 508. The summed E-state index contributed by atoms with van der Waals surface area (Å²) < 4.78 is 17.7. The van der Waals surface area contributed by atoms with Gasteiger partial charge in [-0.25, -0.2) is 0 Å².